The second kappa shape index (κ2) is 4.10. The van der Waals surface area contributed by atoms with Gasteiger partial charge in [0.15, 0.2) is 0 Å². The van der Waals surface area contributed by atoms with Crippen LogP contribution in [0.3, 0.4) is 0 Å². The second-order valence-corrected chi connectivity index (χ2v) is 5.49. The molecule has 2 heteroatoms. The maximum Gasteiger partial charge on any atom is 0.119 e. The molecule has 0 aliphatic carbocycles. The van der Waals surface area contributed by atoms with Crippen molar-refractivity contribution in [2.45, 2.75) is 19.0 Å². The molecule has 0 aromatic heterocycles. The van der Waals surface area contributed by atoms with Crippen molar-refractivity contribution in [2.75, 3.05) is 13.7 Å². The summed E-state index contributed by atoms with van der Waals surface area (Å²) in [5.41, 5.74) is 5.87. The highest BCUT2D eigenvalue weighted by Gasteiger charge is 2.32. The summed E-state index contributed by atoms with van der Waals surface area (Å²) in [7, 11) is 1.74. The van der Waals surface area contributed by atoms with Crippen LogP contribution in [-0.4, -0.2) is 18.6 Å². The van der Waals surface area contributed by atoms with Crippen molar-refractivity contribution in [3.05, 3.63) is 64.7 Å². The minimum atomic E-state index is 0.504. The highest BCUT2D eigenvalue weighted by molar-refractivity contribution is 5.48. The lowest BCUT2D eigenvalue weighted by Gasteiger charge is -2.40. The first kappa shape index (κ1) is 11.1. The third kappa shape index (κ3) is 1.67. The molecule has 2 aliphatic rings. The number of ether oxygens (including phenoxy) is 1. The Morgan fingerprint density at radius 2 is 1.79 bits per heavy atom. The van der Waals surface area contributed by atoms with Gasteiger partial charge >= 0.3 is 0 Å². The van der Waals surface area contributed by atoms with E-state index in [-0.39, 0.29) is 0 Å². The Bertz CT molecular complexity index is 635. The van der Waals surface area contributed by atoms with Crippen LogP contribution in [-0.2, 0) is 13.1 Å². The summed E-state index contributed by atoms with van der Waals surface area (Å²) in [6, 6.07) is 15.4. The zero-order valence-electron chi connectivity index (χ0n) is 11.1. The van der Waals surface area contributed by atoms with Crippen molar-refractivity contribution in [3.8, 4) is 5.75 Å². The topological polar surface area (TPSA) is 12.5 Å². The van der Waals surface area contributed by atoms with Crippen LogP contribution in [0.4, 0.5) is 0 Å². The van der Waals surface area contributed by atoms with Gasteiger partial charge in [0.2, 0.25) is 0 Å². The van der Waals surface area contributed by atoms with Crippen LogP contribution in [0.1, 0.15) is 28.2 Å². The molecule has 0 amide bonds. The third-order valence-electron chi connectivity index (χ3n) is 4.39. The molecule has 19 heavy (non-hydrogen) atoms. The molecule has 2 aliphatic heterocycles. The second-order valence-electron chi connectivity index (χ2n) is 5.49. The third-order valence-corrected chi connectivity index (χ3v) is 4.39. The minimum absolute atomic E-state index is 0.504. The normalized spacial score (nSPS) is 23.4. The lowest BCUT2D eigenvalue weighted by atomic mass is 9.79. The molecule has 0 N–H and O–H groups in total. The number of nitrogens with zero attached hydrogens (tertiary/aromatic N) is 1. The molecule has 0 saturated carbocycles. The summed E-state index contributed by atoms with van der Waals surface area (Å²) in [5.74, 6) is 1.47. The van der Waals surface area contributed by atoms with Gasteiger partial charge in [-0.25, -0.2) is 0 Å². The van der Waals surface area contributed by atoms with Gasteiger partial charge in [-0.15, -0.1) is 0 Å². The first-order valence-corrected chi connectivity index (χ1v) is 6.82. The number of fused-ring (bicyclic) bond motifs is 6. The fourth-order valence-corrected chi connectivity index (χ4v) is 3.48. The molecular formula is C17H17NO. The van der Waals surface area contributed by atoms with Gasteiger partial charge in [0, 0.05) is 25.6 Å². The summed E-state index contributed by atoms with van der Waals surface area (Å²) >= 11 is 0. The molecule has 96 valence electrons. The van der Waals surface area contributed by atoms with Crippen LogP contribution in [0, 0.1) is 0 Å². The Hall–Kier alpha value is -1.80. The zero-order chi connectivity index (χ0) is 12.8. The van der Waals surface area contributed by atoms with Gasteiger partial charge in [-0.05, 0) is 34.4 Å². The molecule has 0 spiro atoms. The summed E-state index contributed by atoms with van der Waals surface area (Å²) in [6.07, 6.45) is 0. The van der Waals surface area contributed by atoms with Crippen molar-refractivity contribution in [1.82, 2.24) is 4.90 Å². The van der Waals surface area contributed by atoms with Gasteiger partial charge in [0.1, 0.15) is 5.75 Å². The van der Waals surface area contributed by atoms with Gasteiger partial charge in [0.05, 0.1) is 7.11 Å². The predicted octanol–water partition coefficient (Wildman–Crippen LogP) is 3.16. The van der Waals surface area contributed by atoms with Gasteiger partial charge in [-0.2, -0.15) is 0 Å². The van der Waals surface area contributed by atoms with Crippen LogP contribution in [0.15, 0.2) is 42.5 Å². The summed E-state index contributed by atoms with van der Waals surface area (Å²) in [4.78, 5) is 2.54. The quantitative estimate of drug-likeness (QED) is 0.772. The van der Waals surface area contributed by atoms with Crippen molar-refractivity contribution in [2.24, 2.45) is 0 Å². The van der Waals surface area contributed by atoms with E-state index in [9.17, 15) is 0 Å². The molecule has 2 atom stereocenters. The summed E-state index contributed by atoms with van der Waals surface area (Å²) < 4.78 is 5.39. The average molecular weight is 251 g/mol. The van der Waals surface area contributed by atoms with E-state index >= 15 is 0 Å². The van der Waals surface area contributed by atoms with Gasteiger partial charge in [-0.3, -0.25) is 4.90 Å². The lowest BCUT2D eigenvalue weighted by Crippen LogP contribution is -2.38. The standard InChI is InChI=1S/C17H17NO/c1-19-14-7-6-13-10-18-9-12-4-2-3-5-15(12)17(11-18)16(13)8-14/h2-8,17H,9-11H2,1H3. The lowest BCUT2D eigenvalue weighted by molar-refractivity contribution is 0.214. The highest BCUT2D eigenvalue weighted by Crippen LogP contribution is 2.40. The maximum atomic E-state index is 5.39. The maximum absolute atomic E-state index is 5.39. The van der Waals surface area contributed by atoms with Crippen LogP contribution in [0.25, 0.3) is 0 Å². The molecule has 2 unspecified atom stereocenters. The minimum Gasteiger partial charge on any atom is -0.497 e. The van der Waals surface area contributed by atoms with Crippen LogP contribution < -0.4 is 4.74 Å². The Morgan fingerprint density at radius 1 is 1.00 bits per heavy atom. The number of benzene rings is 2. The van der Waals surface area contributed by atoms with E-state index in [0.29, 0.717) is 5.92 Å². The Balaban J connectivity index is 1.89. The molecule has 0 saturated heterocycles. The van der Waals surface area contributed by atoms with Crippen molar-refractivity contribution in [1.29, 1.82) is 0 Å². The predicted molar refractivity (Wildman–Crippen MR) is 75.4 cm³/mol. The monoisotopic (exact) mass is 251 g/mol. The summed E-state index contributed by atoms with van der Waals surface area (Å²) in [5, 5.41) is 0. The molecule has 2 nitrogen and oxygen atoms in total. The number of hydrogen-bond donors (Lipinski definition) is 0. The van der Waals surface area contributed by atoms with Crippen LogP contribution >= 0.6 is 0 Å². The van der Waals surface area contributed by atoms with Crippen LogP contribution in [0.5, 0.6) is 5.75 Å². The zero-order valence-corrected chi connectivity index (χ0v) is 11.1. The van der Waals surface area contributed by atoms with E-state index in [1.165, 1.54) is 22.3 Å². The van der Waals surface area contributed by atoms with E-state index < -0.39 is 0 Å². The molecule has 0 radical (unpaired) electrons. The first-order chi connectivity index (χ1) is 9.35. The highest BCUT2D eigenvalue weighted by atomic mass is 16.5. The molecule has 2 bridgehead atoms. The van der Waals surface area contributed by atoms with Crippen molar-refractivity contribution in [3.63, 3.8) is 0 Å². The number of methoxy groups -OCH3 is 1. The van der Waals surface area contributed by atoms with Gasteiger partial charge in [-0.1, -0.05) is 30.3 Å². The smallest absolute Gasteiger partial charge is 0.119 e. The molecule has 2 heterocycles. The number of hydrogen-bond acceptors (Lipinski definition) is 2. The van der Waals surface area contributed by atoms with Crippen molar-refractivity contribution >= 4 is 0 Å². The molecule has 0 fully saturated rings. The first-order valence-electron chi connectivity index (χ1n) is 6.82. The van der Waals surface area contributed by atoms with E-state index in [1.54, 1.807) is 7.11 Å². The largest absolute Gasteiger partial charge is 0.497 e. The SMILES string of the molecule is COc1ccc2c(c1)C1CN(Cc3ccccc31)C2. The van der Waals surface area contributed by atoms with Crippen LogP contribution in [0.2, 0.25) is 0 Å². The Kier molecular flexibility index (Phi) is 2.39. The number of rotatable bonds is 1. The van der Waals surface area contributed by atoms with E-state index in [1.807, 2.05) is 0 Å². The molecule has 2 aromatic carbocycles. The summed E-state index contributed by atoms with van der Waals surface area (Å²) in [6.45, 7) is 3.28. The van der Waals surface area contributed by atoms with Crippen molar-refractivity contribution < 1.29 is 4.74 Å². The fraction of sp³-hybridized carbons (Fsp3) is 0.294. The average Bonchev–Trinajstić information content (AvgIpc) is 2.47. The Labute approximate surface area is 113 Å². The fourth-order valence-electron chi connectivity index (χ4n) is 3.48. The van der Waals surface area contributed by atoms with E-state index in [0.717, 1.165) is 25.4 Å². The van der Waals surface area contributed by atoms with E-state index in [4.69, 9.17) is 4.74 Å². The molecular weight excluding hydrogens is 234 g/mol. The van der Waals surface area contributed by atoms with Gasteiger partial charge < -0.3 is 4.74 Å². The Morgan fingerprint density at radius 3 is 2.63 bits per heavy atom. The molecule has 4 rings (SSSR count). The van der Waals surface area contributed by atoms with Gasteiger partial charge in [0.25, 0.3) is 0 Å². The molecule has 2 aromatic rings. The van der Waals surface area contributed by atoms with E-state index in [2.05, 4.69) is 47.4 Å².